The topological polar surface area (TPSA) is 43.8 Å². The van der Waals surface area contributed by atoms with E-state index in [2.05, 4.69) is 11.8 Å². The zero-order valence-corrected chi connectivity index (χ0v) is 15.8. The lowest BCUT2D eigenvalue weighted by atomic mass is 9.91. The molecule has 1 aliphatic heterocycles. The van der Waals surface area contributed by atoms with Crippen molar-refractivity contribution >= 4 is 11.6 Å². The van der Waals surface area contributed by atoms with Crippen molar-refractivity contribution in [1.29, 1.82) is 0 Å². The molecule has 1 aliphatic rings. The summed E-state index contributed by atoms with van der Waals surface area (Å²) in [6.07, 6.45) is -0.302. The number of rotatable bonds is 6. The number of hydrogen-bond acceptors (Lipinski definition) is 3. The van der Waals surface area contributed by atoms with E-state index in [0.717, 1.165) is 30.8 Å². The molecule has 0 aliphatic carbocycles. The molecule has 3 unspecified atom stereocenters. The summed E-state index contributed by atoms with van der Waals surface area (Å²) in [5.74, 6) is -0.224. The number of para-hydroxylation sites is 1. The molecule has 0 bridgehead atoms. The molecule has 1 amide bonds. The van der Waals surface area contributed by atoms with Gasteiger partial charge in [-0.25, -0.2) is 0 Å². The summed E-state index contributed by atoms with van der Waals surface area (Å²) in [4.78, 5) is 16.9. The van der Waals surface area contributed by atoms with Gasteiger partial charge >= 0.3 is 0 Å². The van der Waals surface area contributed by atoms with Crippen LogP contribution in [-0.4, -0.2) is 41.6 Å². The first-order chi connectivity index (χ1) is 14.2. The molecule has 0 spiro atoms. The first-order valence-corrected chi connectivity index (χ1v) is 9.57. The van der Waals surface area contributed by atoms with Crippen LogP contribution in [0.4, 0.5) is 5.69 Å². The Morgan fingerprint density at radius 1 is 1.22 bits per heavy atom. The number of carbonyl (C=O) groups is 1. The number of β-amino-alcohol motifs (C(OH)–C–C–N with tert-alkyl or cyclic N) is 1. The lowest BCUT2D eigenvalue weighted by molar-refractivity contribution is -0.119. The van der Waals surface area contributed by atoms with Crippen LogP contribution in [0.2, 0.25) is 0 Å². The first-order valence-electron chi connectivity index (χ1n) is 11.1. The zero-order valence-electron chi connectivity index (χ0n) is 18.8. The molecule has 3 atom stereocenters. The molecule has 27 heavy (non-hydrogen) atoms. The molecule has 0 aromatic heterocycles. The van der Waals surface area contributed by atoms with Gasteiger partial charge in [-0.15, -0.1) is 0 Å². The number of likely N-dealkylation sites (tertiary alicyclic amines) is 1. The molecule has 144 valence electrons. The smallest absolute Gasteiger partial charge is 0.226 e. The Balaban J connectivity index is 1.71. The molecule has 1 N–H and O–H groups in total. The van der Waals surface area contributed by atoms with Gasteiger partial charge in [-0.1, -0.05) is 62.3 Å². The average Bonchev–Trinajstić information content (AvgIpc) is 2.70. The number of hydrogen-bond donors (Lipinski definition) is 1. The largest absolute Gasteiger partial charge is 0.387 e. The van der Waals surface area contributed by atoms with E-state index in [1.54, 1.807) is 4.90 Å². The summed E-state index contributed by atoms with van der Waals surface area (Å²) in [5.41, 5.74) is 1.63. The Labute approximate surface area is 166 Å². The van der Waals surface area contributed by atoms with Crippen molar-refractivity contribution in [3.8, 4) is 0 Å². The van der Waals surface area contributed by atoms with E-state index in [9.17, 15) is 9.90 Å². The van der Waals surface area contributed by atoms with Crippen LogP contribution in [0.15, 0.2) is 60.7 Å². The van der Waals surface area contributed by atoms with Gasteiger partial charge in [0.15, 0.2) is 0 Å². The van der Waals surface area contributed by atoms with E-state index in [1.807, 2.05) is 60.7 Å². The SMILES string of the molecule is [2H]C([2H])([2H])CC(=O)N(c1ccccc1)C1CCN(CC(O)c2ccccc2)CC1C. The van der Waals surface area contributed by atoms with Gasteiger partial charge < -0.3 is 10.0 Å². The van der Waals surface area contributed by atoms with Crippen LogP contribution in [0.3, 0.4) is 0 Å². The van der Waals surface area contributed by atoms with Crippen molar-refractivity contribution in [3.05, 3.63) is 66.2 Å². The Hall–Kier alpha value is -2.17. The number of carbonyl (C=O) groups excluding carboxylic acids is 1. The maximum atomic E-state index is 13.0. The summed E-state index contributed by atoms with van der Waals surface area (Å²) in [6, 6.07) is 18.9. The second-order valence-electron chi connectivity index (χ2n) is 7.30. The fraction of sp³-hybridized carbons (Fsp3) is 0.435. The number of benzene rings is 2. The minimum Gasteiger partial charge on any atom is -0.387 e. The monoisotopic (exact) mass is 369 g/mol. The van der Waals surface area contributed by atoms with Gasteiger partial charge in [0.2, 0.25) is 5.91 Å². The molecule has 4 nitrogen and oxygen atoms in total. The average molecular weight is 370 g/mol. The van der Waals surface area contributed by atoms with Crippen molar-refractivity contribution in [3.63, 3.8) is 0 Å². The highest BCUT2D eigenvalue weighted by Gasteiger charge is 2.34. The first kappa shape index (κ1) is 15.8. The predicted octanol–water partition coefficient (Wildman–Crippen LogP) is 3.87. The number of aliphatic hydroxyl groups excluding tert-OH is 1. The van der Waals surface area contributed by atoms with E-state index in [-0.39, 0.29) is 17.9 Å². The highest BCUT2D eigenvalue weighted by atomic mass is 16.3. The maximum Gasteiger partial charge on any atom is 0.226 e. The highest BCUT2D eigenvalue weighted by Crippen LogP contribution is 2.29. The number of amides is 1. The van der Waals surface area contributed by atoms with Crippen molar-refractivity contribution in [2.24, 2.45) is 5.92 Å². The normalized spacial score (nSPS) is 23.7. The Kier molecular flexibility index (Phi) is 5.37. The molecule has 0 saturated carbocycles. The van der Waals surface area contributed by atoms with Crippen LogP contribution in [0.25, 0.3) is 0 Å². The molecule has 2 aromatic rings. The van der Waals surface area contributed by atoms with E-state index in [1.165, 1.54) is 0 Å². The van der Waals surface area contributed by atoms with Crippen LogP contribution >= 0.6 is 0 Å². The summed E-state index contributed by atoms with van der Waals surface area (Å²) in [7, 11) is 0. The minimum atomic E-state index is -2.30. The van der Waals surface area contributed by atoms with E-state index >= 15 is 0 Å². The van der Waals surface area contributed by atoms with Gasteiger partial charge in [0, 0.05) is 41.9 Å². The van der Waals surface area contributed by atoms with Crippen LogP contribution in [0, 0.1) is 5.92 Å². The molecule has 4 heteroatoms. The van der Waals surface area contributed by atoms with E-state index in [4.69, 9.17) is 4.11 Å². The molecule has 2 aromatic carbocycles. The number of piperidine rings is 1. The molecular formula is C23H30N2O2. The third-order valence-electron chi connectivity index (χ3n) is 5.35. The standard InChI is InChI=1S/C23H30N2O2/c1-3-23(27)25(20-12-8-5-9-13-20)21-14-15-24(16-18(21)2)17-22(26)19-10-6-4-7-11-19/h4-13,18,21-22,26H,3,14-17H2,1-2H3/i1D3. The molecular weight excluding hydrogens is 336 g/mol. The van der Waals surface area contributed by atoms with Crippen LogP contribution in [0.1, 0.15) is 42.4 Å². The Bertz CT molecular complexity index is 814. The van der Waals surface area contributed by atoms with Crippen molar-refractivity contribution in [1.82, 2.24) is 4.90 Å². The number of nitrogens with zero attached hydrogens (tertiary/aromatic N) is 2. The fourth-order valence-electron chi connectivity index (χ4n) is 3.99. The van der Waals surface area contributed by atoms with Crippen LogP contribution in [-0.2, 0) is 4.79 Å². The van der Waals surface area contributed by atoms with Gasteiger partial charge in [0.05, 0.1) is 6.10 Å². The maximum absolute atomic E-state index is 13.0. The minimum absolute atomic E-state index is 0.0765. The lowest BCUT2D eigenvalue weighted by Crippen LogP contribution is -2.52. The van der Waals surface area contributed by atoms with Gasteiger partial charge in [-0.3, -0.25) is 9.69 Å². The zero-order chi connectivity index (χ0) is 21.7. The van der Waals surface area contributed by atoms with Gasteiger partial charge in [-0.2, -0.15) is 0 Å². The van der Waals surface area contributed by atoms with Gasteiger partial charge in [0.25, 0.3) is 0 Å². The third-order valence-corrected chi connectivity index (χ3v) is 5.35. The van der Waals surface area contributed by atoms with Crippen molar-refractivity contribution in [2.45, 2.75) is 38.8 Å². The summed E-state index contributed by atoms with van der Waals surface area (Å²) < 4.78 is 22.6. The summed E-state index contributed by atoms with van der Waals surface area (Å²) in [5, 5.41) is 10.6. The summed E-state index contributed by atoms with van der Waals surface area (Å²) in [6.45, 7) is 1.80. The second kappa shape index (κ2) is 9.16. The molecule has 0 radical (unpaired) electrons. The quantitative estimate of drug-likeness (QED) is 0.840. The highest BCUT2D eigenvalue weighted by molar-refractivity contribution is 5.93. The van der Waals surface area contributed by atoms with E-state index < -0.39 is 19.4 Å². The third kappa shape index (κ3) is 4.76. The molecule has 3 rings (SSSR count). The Morgan fingerprint density at radius 3 is 2.52 bits per heavy atom. The van der Waals surface area contributed by atoms with Crippen molar-refractivity contribution in [2.75, 3.05) is 24.5 Å². The van der Waals surface area contributed by atoms with Gasteiger partial charge in [-0.05, 0) is 30.0 Å². The molecule has 1 fully saturated rings. The van der Waals surface area contributed by atoms with Crippen LogP contribution in [0.5, 0.6) is 0 Å². The molecule has 1 saturated heterocycles. The predicted molar refractivity (Wildman–Crippen MR) is 110 cm³/mol. The second-order valence-corrected chi connectivity index (χ2v) is 7.30. The molecule has 1 heterocycles. The fourth-order valence-corrected chi connectivity index (χ4v) is 3.99. The Morgan fingerprint density at radius 2 is 1.89 bits per heavy atom. The van der Waals surface area contributed by atoms with Crippen molar-refractivity contribution < 1.29 is 14.0 Å². The van der Waals surface area contributed by atoms with Crippen LogP contribution < -0.4 is 4.90 Å². The van der Waals surface area contributed by atoms with E-state index in [0.29, 0.717) is 6.54 Å². The number of anilines is 1. The lowest BCUT2D eigenvalue weighted by Gasteiger charge is -2.43. The number of aliphatic hydroxyl groups is 1. The van der Waals surface area contributed by atoms with Gasteiger partial charge in [0.1, 0.15) is 0 Å². The summed E-state index contributed by atoms with van der Waals surface area (Å²) >= 11 is 0.